The normalized spacial score (nSPS) is 17.4. The molecular formula is C19H17ClN2O4S. The third kappa shape index (κ3) is 4.30. The summed E-state index contributed by atoms with van der Waals surface area (Å²) in [7, 11) is -3.80. The van der Waals surface area contributed by atoms with Gasteiger partial charge in [0, 0.05) is 11.6 Å². The second-order valence-corrected chi connectivity index (χ2v) is 8.47. The topological polar surface area (TPSA) is 87.5 Å². The van der Waals surface area contributed by atoms with Gasteiger partial charge in [-0.2, -0.15) is 9.57 Å². The van der Waals surface area contributed by atoms with Gasteiger partial charge >= 0.3 is 5.97 Å². The monoisotopic (exact) mass is 404 g/mol. The lowest BCUT2D eigenvalue weighted by atomic mass is 10.1. The molecule has 1 aliphatic heterocycles. The zero-order valence-corrected chi connectivity index (χ0v) is 15.9. The quantitative estimate of drug-likeness (QED) is 0.714. The smallest absolute Gasteiger partial charge is 0.324 e. The molecule has 1 saturated heterocycles. The Hall–Kier alpha value is -2.40. The van der Waals surface area contributed by atoms with E-state index in [0.29, 0.717) is 23.4 Å². The van der Waals surface area contributed by atoms with E-state index in [2.05, 4.69) is 0 Å². The van der Waals surface area contributed by atoms with Crippen molar-refractivity contribution < 1.29 is 17.9 Å². The summed E-state index contributed by atoms with van der Waals surface area (Å²) in [5.74, 6) is -0.575. The molecule has 1 fully saturated rings. The number of carbonyl (C=O) groups is 1. The average molecular weight is 405 g/mol. The first-order valence-corrected chi connectivity index (χ1v) is 10.2. The van der Waals surface area contributed by atoms with Crippen LogP contribution in [0.15, 0.2) is 53.4 Å². The minimum atomic E-state index is -3.80. The highest BCUT2D eigenvalue weighted by Gasteiger charge is 2.40. The van der Waals surface area contributed by atoms with Crippen LogP contribution in [0.1, 0.15) is 24.0 Å². The van der Waals surface area contributed by atoms with E-state index >= 15 is 0 Å². The van der Waals surface area contributed by atoms with Gasteiger partial charge in [0.2, 0.25) is 10.0 Å². The van der Waals surface area contributed by atoms with Crippen LogP contribution >= 0.6 is 11.6 Å². The Labute approximate surface area is 163 Å². The molecule has 0 aromatic heterocycles. The lowest BCUT2D eigenvalue weighted by Crippen LogP contribution is -2.41. The SMILES string of the molecule is N#Cc1ccc(COC(=O)[C@@H]2CCCN2S(=O)(=O)c2ccc(Cl)cc2)cc1. The molecule has 0 amide bonds. The Morgan fingerprint density at radius 1 is 1.19 bits per heavy atom. The number of nitriles is 1. The van der Waals surface area contributed by atoms with Crippen molar-refractivity contribution in [3.8, 4) is 6.07 Å². The number of esters is 1. The molecular weight excluding hydrogens is 388 g/mol. The van der Waals surface area contributed by atoms with Gasteiger partial charge in [-0.1, -0.05) is 23.7 Å². The summed E-state index contributed by atoms with van der Waals surface area (Å²) in [4.78, 5) is 12.6. The summed E-state index contributed by atoms with van der Waals surface area (Å²) in [5.41, 5.74) is 1.24. The maximum Gasteiger partial charge on any atom is 0.324 e. The number of halogens is 1. The van der Waals surface area contributed by atoms with E-state index in [0.717, 1.165) is 5.56 Å². The molecule has 3 rings (SSSR count). The summed E-state index contributed by atoms with van der Waals surface area (Å²) in [6.45, 7) is 0.289. The van der Waals surface area contributed by atoms with Gasteiger partial charge in [-0.25, -0.2) is 8.42 Å². The summed E-state index contributed by atoms with van der Waals surface area (Å²) < 4.78 is 32.2. The van der Waals surface area contributed by atoms with Gasteiger partial charge in [-0.05, 0) is 54.8 Å². The van der Waals surface area contributed by atoms with Crippen molar-refractivity contribution in [2.45, 2.75) is 30.4 Å². The highest BCUT2D eigenvalue weighted by molar-refractivity contribution is 7.89. The van der Waals surface area contributed by atoms with Crippen molar-refractivity contribution in [3.05, 3.63) is 64.7 Å². The van der Waals surface area contributed by atoms with Crippen LogP contribution in [-0.2, 0) is 26.2 Å². The molecule has 0 spiro atoms. The first-order valence-electron chi connectivity index (χ1n) is 8.35. The fourth-order valence-electron chi connectivity index (χ4n) is 2.93. The van der Waals surface area contributed by atoms with Crippen LogP contribution in [0.4, 0.5) is 0 Å². The van der Waals surface area contributed by atoms with Crippen molar-refractivity contribution in [1.82, 2.24) is 4.31 Å². The lowest BCUT2D eigenvalue weighted by molar-refractivity contribution is -0.148. The lowest BCUT2D eigenvalue weighted by Gasteiger charge is -2.22. The van der Waals surface area contributed by atoms with E-state index in [1.165, 1.54) is 28.6 Å². The Morgan fingerprint density at radius 2 is 1.85 bits per heavy atom. The molecule has 0 radical (unpaired) electrons. The minimum absolute atomic E-state index is 0.0237. The molecule has 0 unspecified atom stereocenters. The van der Waals surface area contributed by atoms with Crippen molar-refractivity contribution in [2.75, 3.05) is 6.54 Å². The van der Waals surface area contributed by atoms with Gasteiger partial charge in [0.25, 0.3) is 0 Å². The Balaban J connectivity index is 1.70. The maximum absolute atomic E-state index is 12.8. The molecule has 0 saturated carbocycles. The number of benzene rings is 2. The van der Waals surface area contributed by atoms with E-state index < -0.39 is 22.0 Å². The maximum atomic E-state index is 12.8. The summed E-state index contributed by atoms with van der Waals surface area (Å²) >= 11 is 5.82. The number of nitrogens with zero attached hydrogens (tertiary/aromatic N) is 2. The molecule has 6 nitrogen and oxygen atoms in total. The molecule has 0 bridgehead atoms. The van der Waals surface area contributed by atoms with Crippen LogP contribution in [0.2, 0.25) is 5.02 Å². The molecule has 1 heterocycles. The Morgan fingerprint density at radius 3 is 2.48 bits per heavy atom. The first kappa shape index (κ1) is 19.4. The molecule has 8 heteroatoms. The Kier molecular flexibility index (Phi) is 5.80. The molecule has 0 N–H and O–H groups in total. The van der Waals surface area contributed by atoms with Crippen LogP contribution in [0, 0.1) is 11.3 Å². The van der Waals surface area contributed by atoms with E-state index in [4.69, 9.17) is 21.6 Å². The zero-order valence-electron chi connectivity index (χ0n) is 14.3. The number of sulfonamides is 1. The summed E-state index contributed by atoms with van der Waals surface area (Å²) in [5, 5.41) is 9.24. The predicted octanol–water partition coefficient (Wildman–Crippen LogP) is 3.11. The summed E-state index contributed by atoms with van der Waals surface area (Å²) in [6.07, 6.45) is 1.00. The summed E-state index contributed by atoms with van der Waals surface area (Å²) in [6, 6.07) is 13.7. The van der Waals surface area contributed by atoms with Crippen LogP contribution in [0.25, 0.3) is 0 Å². The molecule has 27 heavy (non-hydrogen) atoms. The third-order valence-corrected chi connectivity index (χ3v) is 6.53. The van der Waals surface area contributed by atoms with Gasteiger partial charge in [0.15, 0.2) is 0 Å². The molecule has 1 aliphatic rings. The van der Waals surface area contributed by atoms with Crippen LogP contribution in [0.3, 0.4) is 0 Å². The third-order valence-electron chi connectivity index (χ3n) is 4.36. The van der Waals surface area contributed by atoms with Crippen molar-refractivity contribution in [1.29, 1.82) is 5.26 Å². The largest absolute Gasteiger partial charge is 0.460 e. The number of rotatable bonds is 5. The van der Waals surface area contributed by atoms with Crippen LogP contribution in [0.5, 0.6) is 0 Å². The van der Waals surface area contributed by atoms with E-state index in [-0.39, 0.29) is 18.0 Å². The van der Waals surface area contributed by atoms with Crippen LogP contribution in [-0.4, -0.2) is 31.3 Å². The first-order chi connectivity index (χ1) is 12.9. The number of ether oxygens (including phenoxy) is 1. The van der Waals surface area contributed by atoms with E-state index in [1.54, 1.807) is 24.3 Å². The van der Waals surface area contributed by atoms with Gasteiger partial charge in [-0.3, -0.25) is 4.79 Å². The molecule has 140 valence electrons. The molecule has 2 aromatic carbocycles. The highest BCUT2D eigenvalue weighted by atomic mass is 35.5. The number of carbonyl (C=O) groups excluding carboxylic acids is 1. The van der Waals surface area contributed by atoms with Crippen molar-refractivity contribution in [3.63, 3.8) is 0 Å². The van der Waals surface area contributed by atoms with Crippen molar-refractivity contribution >= 4 is 27.6 Å². The fraction of sp³-hybridized carbons (Fsp3) is 0.263. The van der Waals surface area contributed by atoms with Crippen LogP contribution < -0.4 is 0 Å². The Bertz CT molecular complexity index is 966. The number of hydrogen-bond donors (Lipinski definition) is 0. The minimum Gasteiger partial charge on any atom is -0.460 e. The predicted molar refractivity (Wildman–Crippen MR) is 99.3 cm³/mol. The second kappa shape index (κ2) is 8.09. The molecule has 2 aromatic rings. The van der Waals surface area contributed by atoms with Gasteiger partial charge < -0.3 is 4.74 Å². The second-order valence-electron chi connectivity index (χ2n) is 6.14. The van der Waals surface area contributed by atoms with Crippen molar-refractivity contribution in [2.24, 2.45) is 0 Å². The molecule has 1 atom stereocenters. The van der Waals surface area contributed by atoms with Gasteiger partial charge in [-0.15, -0.1) is 0 Å². The highest BCUT2D eigenvalue weighted by Crippen LogP contribution is 2.27. The van der Waals surface area contributed by atoms with Gasteiger partial charge in [0.1, 0.15) is 12.6 Å². The number of hydrogen-bond acceptors (Lipinski definition) is 5. The average Bonchev–Trinajstić information content (AvgIpc) is 3.18. The zero-order chi connectivity index (χ0) is 19.4. The standard InChI is InChI=1S/C19H17ClN2O4S/c20-16-7-9-17(10-8-16)27(24,25)22-11-1-2-18(22)19(23)26-13-15-5-3-14(12-21)4-6-15/h3-10,18H,1-2,11,13H2/t18-/m0/s1. The van der Waals surface area contributed by atoms with E-state index in [9.17, 15) is 13.2 Å². The van der Waals surface area contributed by atoms with Gasteiger partial charge in [0.05, 0.1) is 16.5 Å². The fourth-order valence-corrected chi connectivity index (χ4v) is 4.70. The van der Waals surface area contributed by atoms with E-state index in [1.807, 2.05) is 6.07 Å². The molecule has 0 aliphatic carbocycles.